The minimum atomic E-state index is 0.311. The van der Waals surface area contributed by atoms with Gasteiger partial charge in [-0.25, -0.2) is 0 Å². The molecule has 0 aromatic heterocycles. The van der Waals surface area contributed by atoms with Crippen LogP contribution in [0.4, 0.5) is 0 Å². The van der Waals surface area contributed by atoms with E-state index in [1.54, 1.807) is 32.4 Å². The fourth-order valence-corrected chi connectivity index (χ4v) is 2.50. The quantitative estimate of drug-likeness (QED) is 0.345. The van der Waals surface area contributed by atoms with Crippen LogP contribution in [0.25, 0.3) is 5.57 Å². The van der Waals surface area contributed by atoms with Crippen molar-refractivity contribution in [1.82, 2.24) is 0 Å². The van der Waals surface area contributed by atoms with Crippen LogP contribution in [-0.2, 0) is 9.53 Å². The van der Waals surface area contributed by atoms with E-state index in [1.165, 1.54) is 0 Å². The molecule has 0 amide bonds. The summed E-state index contributed by atoms with van der Waals surface area (Å²) in [4.78, 5) is 11.5. The molecule has 1 aromatic carbocycles. The average Bonchev–Trinajstić information content (AvgIpc) is 3.28. The fraction of sp³-hybridized carbons (Fsp3) is 0.312. The highest BCUT2D eigenvalue weighted by Gasteiger charge is 2.31. The second-order valence-electron chi connectivity index (χ2n) is 4.67. The van der Waals surface area contributed by atoms with E-state index in [2.05, 4.69) is 6.58 Å². The summed E-state index contributed by atoms with van der Waals surface area (Å²) in [6.07, 6.45) is 2.85. The molecule has 0 radical (unpaired) electrons. The van der Waals surface area contributed by atoms with E-state index in [-0.39, 0.29) is 0 Å². The Kier molecular flexibility index (Phi) is 4.50. The second-order valence-corrected chi connectivity index (χ2v) is 5.08. The Balaban J connectivity index is 2.51. The molecule has 1 aliphatic carbocycles. The molecule has 106 valence electrons. The summed E-state index contributed by atoms with van der Waals surface area (Å²) in [5.41, 5.74) is 1.63. The number of methoxy groups -OCH3 is 2. The maximum absolute atomic E-state index is 11.5. The summed E-state index contributed by atoms with van der Waals surface area (Å²) >= 11 is 6.23. The molecular weight excluding hydrogens is 276 g/mol. The molecule has 0 unspecified atom stereocenters. The van der Waals surface area contributed by atoms with E-state index in [9.17, 15) is 4.79 Å². The summed E-state index contributed by atoms with van der Waals surface area (Å²) in [6, 6.07) is 5.33. The summed E-state index contributed by atoms with van der Waals surface area (Å²) in [5, 5.41) is 0.500. The topological polar surface area (TPSA) is 35.5 Å². The zero-order chi connectivity index (χ0) is 14.7. The molecule has 0 atom stereocenters. The molecule has 0 spiro atoms. The zero-order valence-corrected chi connectivity index (χ0v) is 12.4. The van der Waals surface area contributed by atoms with Crippen LogP contribution in [0.3, 0.4) is 0 Å². The van der Waals surface area contributed by atoms with Crippen molar-refractivity contribution in [2.24, 2.45) is 5.92 Å². The molecule has 1 aliphatic rings. The number of ether oxygens (including phenoxy) is 2. The predicted molar refractivity (Wildman–Crippen MR) is 79.9 cm³/mol. The smallest absolute Gasteiger partial charge is 0.154 e. The Labute approximate surface area is 123 Å². The van der Waals surface area contributed by atoms with Gasteiger partial charge < -0.3 is 9.47 Å². The average molecular weight is 293 g/mol. The van der Waals surface area contributed by atoms with E-state index >= 15 is 0 Å². The molecule has 3 nitrogen and oxygen atoms in total. The van der Waals surface area contributed by atoms with E-state index in [0.29, 0.717) is 39.2 Å². The molecule has 1 saturated carbocycles. The van der Waals surface area contributed by atoms with Gasteiger partial charge in [0, 0.05) is 11.5 Å². The van der Waals surface area contributed by atoms with Crippen LogP contribution in [0.5, 0.6) is 5.75 Å². The molecule has 0 heterocycles. The molecule has 0 aliphatic heterocycles. The number of allylic oxidation sites excluding steroid dienone is 3. The van der Waals surface area contributed by atoms with Crippen LogP contribution in [0.15, 0.2) is 36.1 Å². The second kappa shape index (κ2) is 6.14. The lowest BCUT2D eigenvalue weighted by Gasteiger charge is -2.15. The molecule has 0 saturated heterocycles. The minimum absolute atomic E-state index is 0.311. The normalized spacial score (nSPS) is 15.3. The highest BCUT2D eigenvalue weighted by Crippen LogP contribution is 2.42. The van der Waals surface area contributed by atoms with Crippen molar-refractivity contribution in [3.8, 4) is 5.75 Å². The van der Waals surface area contributed by atoms with Crippen molar-refractivity contribution in [3.63, 3.8) is 0 Å². The first-order valence-corrected chi connectivity index (χ1v) is 6.77. The van der Waals surface area contributed by atoms with Crippen LogP contribution in [-0.4, -0.2) is 20.5 Å². The Morgan fingerprint density at radius 1 is 1.40 bits per heavy atom. The SMILES string of the molecule is C=C(/C(C=O)=C(\OC)C1CC1)c1c(Cl)cccc1OC. The van der Waals surface area contributed by atoms with Crippen molar-refractivity contribution in [2.45, 2.75) is 12.8 Å². The van der Waals surface area contributed by atoms with Crippen molar-refractivity contribution in [1.29, 1.82) is 0 Å². The van der Waals surface area contributed by atoms with Gasteiger partial charge in [0.25, 0.3) is 0 Å². The Morgan fingerprint density at radius 2 is 2.10 bits per heavy atom. The van der Waals surface area contributed by atoms with Gasteiger partial charge in [0.1, 0.15) is 11.5 Å². The number of benzene rings is 1. The van der Waals surface area contributed by atoms with E-state index < -0.39 is 0 Å². The molecule has 2 rings (SSSR count). The monoisotopic (exact) mass is 292 g/mol. The summed E-state index contributed by atoms with van der Waals surface area (Å²) < 4.78 is 10.7. The number of halogens is 1. The fourth-order valence-electron chi connectivity index (χ4n) is 2.22. The van der Waals surface area contributed by atoms with Crippen molar-refractivity contribution in [3.05, 3.63) is 46.7 Å². The lowest BCUT2D eigenvalue weighted by atomic mass is 9.97. The molecule has 1 aromatic rings. The van der Waals surface area contributed by atoms with E-state index in [4.69, 9.17) is 21.1 Å². The maximum Gasteiger partial charge on any atom is 0.154 e. The number of hydrogen-bond donors (Lipinski definition) is 0. The third-order valence-electron chi connectivity index (χ3n) is 3.37. The number of carbonyl (C=O) groups is 1. The van der Waals surface area contributed by atoms with Crippen LogP contribution in [0.1, 0.15) is 18.4 Å². The van der Waals surface area contributed by atoms with E-state index in [1.807, 2.05) is 0 Å². The number of rotatable bonds is 6. The first kappa shape index (κ1) is 14.7. The molecule has 1 fully saturated rings. The third kappa shape index (κ3) is 2.73. The van der Waals surface area contributed by atoms with E-state index in [0.717, 1.165) is 19.1 Å². The van der Waals surface area contributed by atoms with Crippen molar-refractivity contribution in [2.75, 3.05) is 14.2 Å². The molecule has 0 N–H and O–H groups in total. The highest BCUT2D eigenvalue weighted by molar-refractivity contribution is 6.33. The first-order chi connectivity index (χ1) is 9.63. The van der Waals surface area contributed by atoms with Crippen LogP contribution in [0.2, 0.25) is 5.02 Å². The highest BCUT2D eigenvalue weighted by atomic mass is 35.5. The summed E-state index contributed by atoms with van der Waals surface area (Å²) in [6.45, 7) is 4.01. The van der Waals surface area contributed by atoms with Gasteiger partial charge in [0.15, 0.2) is 6.29 Å². The van der Waals surface area contributed by atoms with Crippen LogP contribution in [0, 0.1) is 5.92 Å². The predicted octanol–water partition coefficient (Wildman–Crippen LogP) is 3.87. The van der Waals surface area contributed by atoms with Crippen molar-refractivity contribution >= 4 is 23.5 Å². The van der Waals surface area contributed by atoms with Crippen LogP contribution >= 0.6 is 11.6 Å². The van der Waals surface area contributed by atoms with Gasteiger partial charge in [-0.05, 0) is 30.5 Å². The van der Waals surface area contributed by atoms with Gasteiger partial charge in [-0.1, -0.05) is 24.2 Å². The van der Waals surface area contributed by atoms with Gasteiger partial charge in [0.05, 0.1) is 24.8 Å². The lowest BCUT2D eigenvalue weighted by Crippen LogP contribution is -2.02. The molecule has 4 heteroatoms. The maximum atomic E-state index is 11.5. The van der Waals surface area contributed by atoms with Gasteiger partial charge in [-0.2, -0.15) is 0 Å². The Hall–Kier alpha value is -1.74. The lowest BCUT2D eigenvalue weighted by molar-refractivity contribution is -0.104. The minimum Gasteiger partial charge on any atom is -0.500 e. The standard InChI is InChI=1S/C16H17ClO3/c1-10(12(9-18)16(20-3)11-7-8-11)15-13(17)5-4-6-14(15)19-2/h4-6,9,11H,1,7-8H2,2-3H3/b16-12-. The third-order valence-corrected chi connectivity index (χ3v) is 3.69. The number of carbonyl (C=O) groups excluding carboxylic acids is 1. The van der Waals surface area contributed by atoms with Gasteiger partial charge in [-0.15, -0.1) is 0 Å². The Bertz CT molecular complexity index is 571. The molecule has 20 heavy (non-hydrogen) atoms. The number of aldehydes is 1. The summed E-state index contributed by atoms with van der Waals surface area (Å²) in [7, 11) is 3.14. The zero-order valence-electron chi connectivity index (χ0n) is 11.6. The summed E-state index contributed by atoms with van der Waals surface area (Å²) in [5.74, 6) is 1.59. The molecular formula is C16H17ClO3. The van der Waals surface area contributed by atoms with Gasteiger partial charge in [-0.3, -0.25) is 4.79 Å². The van der Waals surface area contributed by atoms with Crippen LogP contribution < -0.4 is 4.74 Å². The largest absolute Gasteiger partial charge is 0.500 e. The Morgan fingerprint density at radius 3 is 2.60 bits per heavy atom. The van der Waals surface area contributed by atoms with Crippen molar-refractivity contribution < 1.29 is 14.3 Å². The number of hydrogen-bond acceptors (Lipinski definition) is 3. The van der Waals surface area contributed by atoms with Gasteiger partial charge in [0.2, 0.25) is 0 Å². The first-order valence-electron chi connectivity index (χ1n) is 6.39. The molecule has 0 bridgehead atoms. The van der Waals surface area contributed by atoms with Gasteiger partial charge >= 0.3 is 0 Å².